The number of rotatable bonds is 58. The standard InChI is InChI=1S/C67H120O6/c1-4-7-10-13-16-19-22-25-27-28-29-30-31-32-33-34-35-36-37-38-40-42-45-48-51-54-57-60-66(69)72-63-64(62-71-65(68)59-56-53-50-47-44-41-24-21-18-15-12-9-6-3)73-67(70)61-58-55-52-49-46-43-39-26-23-20-17-14-11-8-5-2/h8,11,17,20-21,24,26,28-29,39,64H,4-7,9-10,12-16,18-19,22-23,25,27,30-38,40-63H2,1-3H3/b11-8-,20-17-,24-21-,29-28-,39-26-. The summed E-state index contributed by atoms with van der Waals surface area (Å²) in [5.41, 5.74) is 0. The van der Waals surface area contributed by atoms with Crippen LogP contribution in [0.15, 0.2) is 60.8 Å². The summed E-state index contributed by atoms with van der Waals surface area (Å²) in [5, 5.41) is 0. The molecule has 0 radical (unpaired) electrons. The third-order valence-corrected chi connectivity index (χ3v) is 14.0. The maximum atomic E-state index is 12.9. The van der Waals surface area contributed by atoms with Crippen molar-refractivity contribution in [2.45, 2.75) is 335 Å². The normalized spacial score (nSPS) is 12.4. The van der Waals surface area contributed by atoms with Gasteiger partial charge in [-0.15, -0.1) is 0 Å². The molecule has 1 atom stereocenters. The zero-order valence-corrected chi connectivity index (χ0v) is 48.7. The molecule has 0 spiro atoms. The van der Waals surface area contributed by atoms with Gasteiger partial charge in [-0.1, -0.05) is 268 Å². The first-order chi connectivity index (χ1) is 36.0. The van der Waals surface area contributed by atoms with Crippen LogP contribution in [0.5, 0.6) is 0 Å². The number of ether oxygens (including phenoxy) is 3. The van der Waals surface area contributed by atoms with Crippen LogP contribution in [-0.2, 0) is 28.6 Å². The lowest BCUT2D eigenvalue weighted by Crippen LogP contribution is -2.30. The molecule has 0 amide bonds. The van der Waals surface area contributed by atoms with E-state index in [1.807, 2.05) is 0 Å². The lowest BCUT2D eigenvalue weighted by atomic mass is 10.0. The van der Waals surface area contributed by atoms with Gasteiger partial charge in [0.15, 0.2) is 6.10 Å². The third kappa shape index (κ3) is 59.9. The molecule has 1 unspecified atom stereocenters. The Kier molecular flexibility index (Phi) is 59.2. The molecule has 0 saturated carbocycles. The Morgan fingerprint density at radius 1 is 0.288 bits per heavy atom. The largest absolute Gasteiger partial charge is 0.462 e. The van der Waals surface area contributed by atoms with Crippen LogP contribution in [0.25, 0.3) is 0 Å². The van der Waals surface area contributed by atoms with E-state index in [0.29, 0.717) is 19.3 Å². The van der Waals surface area contributed by atoms with E-state index in [1.54, 1.807) is 0 Å². The van der Waals surface area contributed by atoms with Gasteiger partial charge in [0.1, 0.15) is 13.2 Å². The lowest BCUT2D eigenvalue weighted by Gasteiger charge is -2.18. The van der Waals surface area contributed by atoms with Gasteiger partial charge in [0.2, 0.25) is 0 Å². The van der Waals surface area contributed by atoms with E-state index in [9.17, 15) is 14.4 Å². The van der Waals surface area contributed by atoms with Gasteiger partial charge in [-0.2, -0.15) is 0 Å². The Bertz CT molecular complexity index is 1310. The fourth-order valence-electron chi connectivity index (χ4n) is 9.21. The molecule has 0 N–H and O–H groups in total. The molecule has 0 aromatic rings. The summed E-state index contributed by atoms with van der Waals surface area (Å²) in [4.78, 5) is 38.2. The number of unbranched alkanes of at least 4 members (excludes halogenated alkanes) is 37. The maximum absolute atomic E-state index is 12.9. The van der Waals surface area contributed by atoms with Gasteiger partial charge in [0.05, 0.1) is 0 Å². The zero-order valence-electron chi connectivity index (χ0n) is 48.7. The molecular formula is C67H120O6. The first kappa shape index (κ1) is 70.1. The van der Waals surface area contributed by atoms with E-state index in [4.69, 9.17) is 14.2 Å². The fraction of sp³-hybridized carbons (Fsp3) is 0.806. The van der Waals surface area contributed by atoms with Crippen LogP contribution >= 0.6 is 0 Å². The fourth-order valence-corrected chi connectivity index (χ4v) is 9.21. The molecule has 0 aliphatic rings. The molecule has 0 saturated heterocycles. The third-order valence-electron chi connectivity index (χ3n) is 14.0. The second kappa shape index (κ2) is 61.7. The number of carbonyl (C=O) groups is 3. The quantitative estimate of drug-likeness (QED) is 0.0261. The minimum Gasteiger partial charge on any atom is -0.462 e. The number of allylic oxidation sites excluding steroid dienone is 10. The van der Waals surface area contributed by atoms with Crippen molar-refractivity contribution >= 4 is 17.9 Å². The summed E-state index contributed by atoms with van der Waals surface area (Å²) >= 11 is 0. The number of carbonyl (C=O) groups excluding carboxylic acids is 3. The minimum absolute atomic E-state index is 0.0818. The maximum Gasteiger partial charge on any atom is 0.306 e. The Morgan fingerprint density at radius 3 is 0.863 bits per heavy atom. The highest BCUT2D eigenvalue weighted by atomic mass is 16.6. The molecule has 6 heteroatoms. The Morgan fingerprint density at radius 2 is 0.534 bits per heavy atom. The molecule has 6 nitrogen and oxygen atoms in total. The summed E-state index contributed by atoms with van der Waals surface area (Å²) in [7, 11) is 0. The van der Waals surface area contributed by atoms with Crippen LogP contribution in [-0.4, -0.2) is 37.2 Å². The molecule has 0 aliphatic heterocycles. The van der Waals surface area contributed by atoms with E-state index in [2.05, 4.69) is 81.5 Å². The number of hydrogen-bond donors (Lipinski definition) is 0. The molecule has 424 valence electrons. The van der Waals surface area contributed by atoms with Crippen LogP contribution in [0.1, 0.15) is 329 Å². The smallest absolute Gasteiger partial charge is 0.306 e. The van der Waals surface area contributed by atoms with Crippen LogP contribution < -0.4 is 0 Å². The summed E-state index contributed by atoms with van der Waals surface area (Å²) in [6, 6.07) is 0. The highest BCUT2D eigenvalue weighted by molar-refractivity contribution is 5.71. The minimum atomic E-state index is -0.786. The van der Waals surface area contributed by atoms with Gasteiger partial charge in [-0.3, -0.25) is 14.4 Å². The predicted molar refractivity (Wildman–Crippen MR) is 316 cm³/mol. The second-order valence-corrected chi connectivity index (χ2v) is 21.3. The van der Waals surface area contributed by atoms with Crippen molar-refractivity contribution in [2.24, 2.45) is 0 Å². The SMILES string of the molecule is CC/C=C\C/C=C\C/C=C\CCCCCCCC(=O)OC(COC(=O)CCCCCCC/C=C\CCCCCC)COC(=O)CCCCCCCCCCCCCCCCC/C=C\CCCCCCCCCC. The second-order valence-electron chi connectivity index (χ2n) is 21.3. The Balaban J connectivity index is 4.22. The van der Waals surface area contributed by atoms with Crippen molar-refractivity contribution in [3.8, 4) is 0 Å². The van der Waals surface area contributed by atoms with Crippen LogP contribution in [0, 0.1) is 0 Å². The first-order valence-electron chi connectivity index (χ1n) is 31.8. The topological polar surface area (TPSA) is 78.9 Å². The summed E-state index contributed by atoms with van der Waals surface area (Å²) < 4.78 is 16.9. The highest BCUT2D eigenvalue weighted by Crippen LogP contribution is 2.17. The van der Waals surface area contributed by atoms with Gasteiger partial charge in [0, 0.05) is 19.3 Å². The lowest BCUT2D eigenvalue weighted by molar-refractivity contribution is -0.167. The molecular weight excluding hydrogens is 901 g/mol. The van der Waals surface area contributed by atoms with Crippen LogP contribution in [0.4, 0.5) is 0 Å². The van der Waals surface area contributed by atoms with Gasteiger partial charge in [-0.05, 0) is 103 Å². The summed E-state index contributed by atoms with van der Waals surface area (Å²) in [6.45, 7) is 6.53. The van der Waals surface area contributed by atoms with E-state index >= 15 is 0 Å². The molecule has 0 rings (SSSR count). The Hall–Kier alpha value is -2.89. The Labute approximate surface area is 453 Å². The van der Waals surface area contributed by atoms with Crippen molar-refractivity contribution in [1.82, 2.24) is 0 Å². The van der Waals surface area contributed by atoms with Crippen molar-refractivity contribution in [3.63, 3.8) is 0 Å². The van der Waals surface area contributed by atoms with Gasteiger partial charge in [-0.25, -0.2) is 0 Å². The molecule has 0 bridgehead atoms. The zero-order chi connectivity index (χ0) is 52.9. The molecule has 0 aromatic carbocycles. The van der Waals surface area contributed by atoms with Gasteiger partial charge >= 0.3 is 17.9 Å². The van der Waals surface area contributed by atoms with E-state index in [-0.39, 0.29) is 31.1 Å². The monoisotopic (exact) mass is 1020 g/mol. The van der Waals surface area contributed by atoms with Crippen molar-refractivity contribution in [3.05, 3.63) is 60.8 Å². The molecule has 73 heavy (non-hydrogen) atoms. The molecule has 0 heterocycles. The first-order valence-corrected chi connectivity index (χ1v) is 31.8. The predicted octanol–water partition coefficient (Wildman–Crippen LogP) is 21.6. The van der Waals surface area contributed by atoms with E-state index in [1.165, 1.54) is 186 Å². The van der Waals surface area contributed by atoms with Crippen LogP contribution in [0.2, 0.25) is 0 Å². The average Bonchev–Trinajstić information content (AvgIpc) is 3.39. The van der Waals surface area contributed by atoms with Crippen LogP contribution in [0.3, 0.4) is 0 Å². The number of esters is 3. The van der Waals surface area contributed by atoms with Gasteiger partial charge < -0.3 is 14.2 Å². The summed E-state index contributed by atoms with van der Waals surface area (Å²) in [6.07, 6.45) is 78.1. The van der Waals surface area contributed by atoms with E-state index < -0.39 is 6.10 Å². The van der Waals surface area contributed by atoms with Crippen molar-refractivity contribution in [1.29, 1.82) is 0 Å². The van der Waals surface area contributed by atoms with E-state index in [0.717, 1.165) is 103 Å². The molecule has 0 aliphatic carbocycles. The van der Waals surface area contributed by atoms with Crippen molar-refractivity contribution < 1.29 is 28.6 Å². The average molecular weight is 1020 g/mol. The highest BCUT2D eigenvalue weighted by Gasteiger charge is 2.19. The van der Waals surface area contributed by atoms with Crippen molar-refractivity contribution in [2.75, 3.05) is 13.2 Å². The number of hydrogen-bond acceptors (Lipinski definition) is 6. The van der Waals surface area contributed by atoms with Gasteiger partial charge in [0.25, 0.3) is 0 Å². The molecule has 0 aromatic heterocycles. The summed E-state index contributed by atoms with van der Waals surface area (Å²) in [5.74, 6) is -0.894. The molecule has 0 fully saturated rings.